The molecule has 3 aromatic heterocycles. The highest BCUT2D eigenvalue weighted by Gasteiger charge is 2.43. The van der Waals surface area contributed by atoms with Gasteiger partial charge in [-0.2, -0.15) is 13.2 Å². The lowest BCUT2D eigenvalue weighted by atomic mass is 10.1. The SMILES string of the molecule is O=C(NC(c1ccccc1Cl)C(F)(F)F)c1cn(-c2ncc(F)cc2F)c2nc(N3CC(O)CC3=O)ccc2c1=O. The van der Waals surface area contributed by atoms with Crippen LogP contribution in [0.15, 0.2) is 59.7 Å². The number of nitrogens with one attached hydrogen (secondary N) is 1. The molecule has 1 aliphatic heterocycles. The van der Waals surface area contributed by atoms with E-state index >= 15 is 0 Å². The second kappa shape index (κ2) is 10.5. The predicted molar refractivity (Wildman–Crippen MR) is 136 cm³/mol. The maximum atomic E-state index is 14.9. The predicted octanol–water partition coefficient (Wildman–Crippen LogP) is 3.84. The molecule has 2 atom stereocenters. The van der Waals surface area contributed by atoms with Crippen molar-refractivity contribution in [3.05, 3.63) is 92.9 Å². The van der Waals surface area contributed by atoms with Crippen LogP contribution in [-0.4, -0.2) is 50.3 Å². The molecule has 2 N–H and O–H groups in total. The number of aliphatic hydroxyl groups excluding tert-OH is 1. The molecule has 9 nitrogen and oxygen atoms in total. The zero-order chi connectivity index (χ0) is 29.6. The molecule has 4 heterocycles. The molecular formula is C26H17ClF5N5O4. The van der Waals surface area contributed by atoms with Crippen molar-refractivity contribution in [3.8, 4) is 5.82 Å². The van der Waals surface area contributed by atoms with Crippen molar-refractivity contribution >= 4 is 40.3 Å². The van der Waals surface area contributed by atoms with E-state index in [1.165, 1.54) is 24.3 Å². The van der Waals surface area contributed by atoms with Crippen LogP contribution < -0.4 is 15.6 Å². The van der Waals surface area contributed by atoms with Crippen LogP contribution in [0.4, 0.5) is 27.8 Å². The quantitative estimate of drug-likeness (QED) is 0.340. The molecule has 1 fully saturated rings. The summed E-state index contributed by atoms with van der Waals surface area (Å²) >= 11 is 5.94. The molecule has 0 spiro atoms. The van der Waals surface area contributed by atoms with Gasteiger partial charge in [-0.05, 0) is 18.2 Å². The summed E-state index contributed by atoms with van der Waals surface area (Å²) in [5, 5.41) is 11.0. The summed E-state index contributed by atoms with van der Waals surface area (Å²) in [6, 6.07) is 5.15. The highest BCUT2D eigenvalue weighted by Crippen LogP contribution is 2.36. The van der Waals surface area contributed by atoms with Crippen LogP contribution in [0.2, 0.25) is 5.02 Å². The topological polar surface area (TPSA) is 117 Å². The Hall–Kier alpha value is -4.43. The lowest BCUT2D eigenvalue weighted by molar-refractivity contribution is -0.155. The molecule has 0 aliphatic carbocycles. The summed E-state index contributed by atoms with van der Waals surface area (Å²) in [6.45, 7) is -0.119. The lowest BCUT2D eigenvalue weighted by Gasteiger charge is -2.23. The minimum atomic E-state index is -5.02. The first kappa shape index (κ1) is 28.1. The Morgan fingerprint density at radius 3 is 2.51 bits per heavy atom. The second-order valence-corrected chi connectivity index (χ2v) is 9.48. The molecule has 1 aliphatic rings. The molecule has 41 heavy (non-hydrogen) atoms. The second-order valence-electron chi connectivity index (χ2n) is 9.07. The summed E-state index contributed by atoms with van der Waals surface area (Å²) in [5.41, 5.74) is -2.73. The number of alkyl halides is 3. The fraction of sp³-hybridized carbons (Fsp3) is 0.192. The molecule has 2 amide bonds. The van der Waals surface area contributed by atoms with Gasteiger partial charge in [0.2, 0.25) is 11.3 Å². The van der Waals surface area contributed by atoms with Crippen molar-refractivity contribution in [2.45, 2.75) is 24.7 Å². The number of aromatic nitrogens is 3. The highest BCUT2D eigenvalue weighted by molar-refractivity contribution is 6.31. The van der Waals surface area contributed by atoms with Crippen LogP contribution in [-0.2, 0) is 4.79 Å². The number of pyridine rings is 3. The maximum absolute atomic E-state index is 14.9. The Bertz CT molecular complexity index is 1760. The number of β-amino-alcohol motifs (C(OH)–C–C–N with tert-alkyl or cyclic N) is 1. The Kier molecular flexibility index (Phi) is 7.21. The third kappa shape index (κ3) is 5.35. The number of hydrogen-bond donors (Lipinski definition) is 2. The number of carbonyl (C=O) groups is 2. The van der Waals surface area contributed by atoms with Gasteiger partial charge in [0.25, 0.3) is 5.91 Å². The largest absolute Gasteiger partial charge is 0.412 e. The van der Waals surface area contributed by atoms with Gasteiger partial charge >= 0.3 is 6.18 Å². The average Bonchev–Trinajstić information content (AvgIpc) is 3.25. The standard InChI is InChI=1S/C26H17ClF5N5O4/c27-17-4-2-1-3-14(17)22(26(30,31)32)35-25(41)16-11-37(24-18(29)7-12(28)9-33-24)23-15(21(16)40)5-6-19(34-23)36-10-13(38)8-20(36)39/h1-7,9,11,13,22,38H,8,10H2,(H,35,41). The van der Waals surface area contributed by atoms with E-state index in [0.29, 0.717) is 12.3 Å². The van der Waals surface area contributed by atoms with Gasteiger partial charge in [0.05, 0.1) is 30.7 Å². The van der Waals surface area contributed by atoms with E-state index < -0.39 is 64.1 Å². The van der Waals surface area contributed by atoms with E-state index in [2.05, 4.69) is 9.97 Å². The van der Waals surface area contributed by atoms with Gasteiger partial charge < -0.3 is 10.4 Å². The highest BCUT2D eigenvalue weighted by atomic mass is 35.5. The normalized spacial score (nSPS) is 16.3. The Labute approximate surface area is 231 Å². The summed E-state index contributed by atoms with van der Waals surface area (Å²) in [6.07, 6.45) is -4.83. The minimum Gasteiger partial charge on any atom is -0.391 e. The molecule has 5 rings (SSSR count). The average molecular weight is 594 g/mol. The number of amides is 2. The van der Waals surface area contributed by atoms with Gasteiger partial charge in [0.15, 0.2) is 23.3 Å². The van der Waals surface area contributed by atoms with Gasteiger partial charge in [-0.3, -0.25) is 23.9 Å². The molecule has 4 aromatic rings. The lowest BCUT2D eigenvalue weighted by Crippen LogP contribution is -2.40. The number of anilines is 1. The van der Waals surface area contributed by atoms with E-state index in [0.717, 1.165) is 27.8 Å². The fourth-order valence-electron chi connectivity index (χ4n) is 4.42. The van der Waals surface area contributed by atoms with E-state index in [1.54, 1.807) is 5.32 Å². The number of fused-ring (bicyclic) bond motifs is 1. The molecule has 2 unspecified atom stereocenters. The summed E-state index contributed by atoms with van der Waals surface area (Å²) in [4.78, 5) is 47.8. The Morgan fingerprint density at radius 2 is 1.88 bits per heavy atom. The molecule has 15 heteroatoms. The minimum absolute atomic E-state index is 0.0391. The first-order valence-corrected chi connectivity index (χ1v) is 12.2. The van der Waals surface area contributed by atoms with Crippen LogP contribution in [0.25, 0.3) is 16.9 Å². The number of carbonyl (C=O) groups excluding carboxylic acids is 2. The first-order chi connectivity index (χ1) is 19.3. The number of aliphatic hydroxyl groups is 1. The monoisotopic (exact) mass is 593 g/mol. The van der Waals surface area contributed by atoms with E-state index in [-0.39, 0.29) is 34.8 Å². The molecule has 212 valence electrons. The zero-order valence-corrected chi connectivity index (χ0v) is 21.2. The number of nitrogens with zero attached hydrogens (tertiary/aromatic N) is 4. The molecule has 0 bridgehead atoms. The maximum Gasteiger partial charge on any atom is 0.412 e. The number of benzene rings is 1. The Balaban J connectivity index is 1.68. The number of halogens is 6. The molecule has 1 saturated heterocycles. The molecule has 1 aromatic carbocycles. The zero-order valence-electron chi connectivity index (χ0n) is 20.5. The van der Waals surface area contributed by atoms with Gasteiger partial charge in [-0.25, -0.2) is 18.7 Å². The van der Waals surface area contributed by atoms with Crippen LogP contribution in [0.3, 0.4) is 0 Å². The summed E-state index contributed by atoms with van der Waals surface area (Å²) < 4.78 is 71.2. The van der Waals surface area contributed by atoms with Crippen molar-refractivity contribution in [2.24, 2.45) is 0 Å². The van der Waals surface area contributed by atoms with Crippen molar-refractivity contribution in [3.63, 3.8) is 0 Å². The summed E-state index contributed by atoms with van der Waals surface area (Å²) in [7, 11) is 0. The number of hydrogen-bond acceptors (Lipinski definition) is 6. The van der Waals surface area contributed by atoms with Crippen molar-refractivity contribution in [1.29, 1.82) is 0 Å². The van der Waals surface area contributed by atoms with Crippen LogP contribution in [0.5, 0.6) is 0 Å². The number of rotatable bonds is 5. The van der Waals surface area contributed by atoms with Crippen molar-refractivity contribution in [1.82, 2.24) is 19.9 Å². The van der Waals surface area contributed by atoms with E-state index in [4.69, 9.17) is 11.6 Å². The molecular weight excluding hydrogens is 577 g/mol. The smallest absolute Gasteiger partial charge is 0.391 e. The van der Waals surface area contributed by atoms with Gasteiger partial charge in [-0.1, -0.05) is 29.8 Å². The van der Waals surface area contributed by atoms with Crippen LogP contribution in [0, 0.1) is 11.6 Å². The Morgan fingerprint density at radius 1 is 1.15 bits per heavy atom. The summed E-state index contributed by atoms with van der Waals surface area (Å²) in [5.74, 6) is -4.93. The van der Waals surface area contributed by atoms with Crippen molar-refractivity contribution < 1.29 is 36.6 Å². The van der Waals surface area contributed by atoms with Crippen molar-refractivity contribution in [2.75, 3.05) is 11.4 Å². The van der Waals surface area contributed by atoms with E-state index in [9.17, 15) is 41.4 Å². The van der Waals surface area contributed by atoms with Gasteiger partial charge in [0, 0.05) is 22.8 Å². The van der Waals surface area contributed by atoms with Gasteiger partial charge in [0.1, 0.15) is 17.2 Å². The first-order valence-electron chi connectivity index (χ1n) is 11.8. The molecule has 0 radical (unpaired) electrons. The van der Waals surface area contributed by atoms with Crippen LogP contribution in [0.1, 0.15) is 28.4 Å². The molecule has 0 saturated carbocycles. The third-order valence-electron chi connectivity index (χ3n) is 6.30. The fourth-order valence-corrected chi connectivity index (χ4v) is 4.66. The van der Waals surface area contributed by atoms with E-state index in [1.807, 2.05) is 0 Å². The third-order valence-corrected chi connectivity index (χ3v) is 6.64. The van der Waals surface area contributed by atoms with Crippen LogP contribution >= 0.6 is 11.6 Å². The van der Waals surface area contributed by atoms with Gasteiger partial charge in [-0.15, -0.1) is 0 Å².